The van der Waals surface area contributed by atoms with Crippen molar-refractivity contribution in [3.63, 3.8) is 0 Å². The van der Waals surface area contributed by atoms with E-state index in [1.165, 1.54) is 12.1 Å². The van der Waals surface area contributed by atoms with Gasteiger partial charge in [0.2, 0.25) is 0 Å². The molecule has 1 aliphatic rings. The van der Waals surface area contributed by atoms with Crippen molar-refractivity contribution >= 4 is 23.1 Å². The normalized spacial score (nSPS) is 14.6. The first-order valence-electron chi connectivity index (χ1n) is 9.04. The van der Waals surface area contributed by atoms with Crippen LogP contribution in [0.25, 0.3) is 5.57 Å². The van der Waals surface area contributed by atoms with Crippen LogP contribution >= 0.6 is 0 Å². The van der Waals surface area contributed by atoms with Gasteiger partial charge in [0.05, 0.1) is 17.7 Å². The van der Waals surface area contributed by atoms with Crippen molar-refractivity contribution in [2.75, 3.05) is 18.5 Å². The molecular weight excluding hydrogens is 385 g/mol. The summed E-state index contributed by atoms with van der Waals surface area (Å²) in [6.45, 7) is 4.11. The molecule has 0 aromatic heterocycles. The minimum Gasteiger partial charge on any atom is -0.494 e. The van der Waals surface area contributed by atoms with Crippen LogP contribution in [-0.4, -0.2) is 29.9 Å². The van der Waals surface area contributed by atoms with Gasteiger partial charge in [-0.05, 0) is 49.7 Å². The number of carbonyl (C=O) groups excluding carboxylic acids is 2. The number of hydrogen-bond donors (Lipinski definition) is 1. The summed E-state index contributed by atoms with van der Waals surface area (Å²) >= 11 is 0. The summed E-state index contributed by atoms with van der Waals surface area (Å²) in [6, 6.07) is 11.1. The Bertz CT molecular complexity index is 966. The van der Waals surface area contributed by atoms with Crippen LogP contribution < -0.4 is 10.1 Å². The topological polar surface area (TPSA) is 58.6 Å². The number of rotatable bonds is 6. The molecule has 0 spiro atoms. The van der Waals surface area contributed by atoms with Crippen LogP contribution in [-0.2, 0) is 15.8 Å². The number of anilines is 1. The number of amides is 2. The maximum absolute atomic E-state index is 13.0. The van der Waals surface area contributed by atoms with Crippen LogP contribution in [0.1, 0.15) is 25.0 Å². The second-order valence-corrected chi connectivity index (χ2v) is 6.27. The fourth-order valence-electron chi connectivity index (χ4n) is 3.05. The van der Waals surface area contributed by atoms with Gasteiger partial charge in [0.1, 0.15) is 11.4 Å². The summed E-state index contributed by atoms with van der Waals surface area (Å²) in [7, 11) is 0. The molecule has 0 unspecified atom stereocenters. The highest BCUT2D eigenvalue weighted by molar-refractivity contribution is 6.36. The first-order valence-corrected chi connectivity index (χ1v) is 9.04. The van der Waals surface area contributed by atoms with Gasteiger partial charge in [-0.15, -0.1) is 0 Å². The molecule has 1 N–H and O–H groups in total. The summed E-state index contributed by atoms with van der Waals surface area (Å²) < 4.78 is 44.4. The van der Waals surface area contributed by atoms with Gasteiger partial charge >= 0.3 is 6.18 Å². The lowest BCUT2D eigenvalue weighted by Gasteiger charge is -2.13. The third-order valence-corrected chi connectivity index (χ3v) is 4.40. The van der Waals surface area contributed by atoms with Gasteiger partial charge < -0.3 is 10.1 Å². The molecule has 3 rings (SSSR count). The number of halogens is 3. The van der Waals surface area contributed by atoms with Gasteiger partial charge in [-0.1, -0.05) is 18.2 Å². The molecule has 1 aliphatic heterocycles. The first kappa shape index (κ1) is 20.4. The molecule has 1 heterocycles. The average molecular weight is 404 g/mol. The Balaban J connectivity index is 2.03. The highest BCUT2D eigenvalue weighted by Crippen LogP contribution is 2.34. The molecule has 0 radical (unpaired) electrons. The Kier molecular flexibility index (Phi) is 5.63. The van der Waals surface area contributed by atoms with Gasteiger partial charge in [0, 0.05) is 12.2 Å². The van der Waals surface area contributed by atoms with Crippen LogP contribution in [0.3, 0.4) is 0 Å². The standard InChI is InChI=1S/C21H19F3N2O3/c1-3-26-19(27)17(13-8-10-16(11-9-13)29-4-2)18(20(26)28)25-15-7-5-6-14(12-15)21(22,23)24/h5-12,25H,3-4H2,1-2H3. The number of likely N-dealkylation sites (N-methyl/N-ethyl adjacent to an activating group) is 1. The van der Waals surface area contributed by atoms with E-state index in [9.17, 15) is 22.8 Å². The van der Waals surface area contributed by atoms with Crippen molar-refractivity contribution in [2.45, 2.75) is 20.0 Å². The van der Waals surface area contributed by atoms with Crippen LogP contribution in [0.2, 0.25) is 0 Å². The fourth-order valence-corrected chi connectivity index (χ4v) is 3.05. The first-order chi connectivity index (χ1) is 13.8. The van der Waals surface area contributed by atoms with E-state index in [1.54, 1.807) is 31.2 Å². The number of alkyl halides is 3. The predicted molar refractivity (Wildman–Crippen MR) is 102 cm³/mol. The van der Waals surface area contributed by atoms with Crippen molar-refractivity contribution in [1.29, 1.82) is 0 Å². The van der Waals surface area contributed by atoms with Crippen LogP contribution in [0.15, 0.2) is 54.2 Å². The zero-order chi connectivity index (χ0) is 21.2. The Labute approximate surface area is 165 Å². The van der Waals surface area contributed by atoms with Crippen LogP contribution in [0.5, 0.6) is 5.75 Å². The average Bonchev–Trinajstić information content (AvgIpc) is 2.92. The molecule has 0 saturated carbocycles. The van der Waals surface area contributed by atoms with E-state index in [2.05, 4.69) is 5.32 Å². The number of imide groups is 1. The molecular formula is C21H19F3N2O3. The monoisotopic (exact) mass is 404 g/mol. The molecule has 152 valence electrons. The third-order valence-electron chi connectivity index (χ3n) is 4.40. The van der Waals surface area contributed by atoms with E-state index in [0.717, 1.165) is 17.0 Å². The van der Waals surface area contributed by atoms with Crippen LogP contribution in [0, 0.1) is 0 Å². The maximum atomic E-state index is 13.0. The Morgan fingerprint density at radius 3 is 2.28 bits per heavy atom. The molecule has 8 heteroatoms. The number of nitrogens with zero attached hydrogens (tertiary/aromatic N) is 1. The summed E-state index contributed by atoms with van der Waals surface area (Å²) in [4.78, 5) is 26.5. The lowest BCUT2D eigenvalue weighted by molar-refractivity contribution is -0.138. The number of carbonyl (C=O) groups is 2. The van der Waals surface area contributed by atoms with E-state index in [0.29, 0.717) is 17.9 Å². The number of hydrogen-bond acceptors (Lipinski definition) is 4. The predicted octanol–water partition coefficient (Wildman–Crippen LogP) is 4.32. The molecule has 2 aromatic carbocycles. The smallest absolute Gasteiger partial charge is 0.416 e. The van der Waals surface area contributed by atoms with Crippen molar-refractivity contribution < 1.29 is 27.5 Å². The van der Waals surface area contributed by atoms with Gasteiger partial charge in [-0.2, -0.15) is 13.2 Å². The molecule has 29 heavy (non-hydrogen) atoms. The Morgan fingerprint density at radius 2 is 1.69 bits per heavy atom. The fraction of sp³-hybridized carbons (Fsp3) is 0.238. The molecule has 0 aliphatic carbocycles. The molecule has 2 amide bonds. The molecule has 5 nitrogen and oxygen atoms in total. The van der Waals surface area contributed by atoms with Gasteiger partial charge in [0.25, 0.3) is 11.8 Å². The Hall–Kier alpha value is -3.29. The Morgan fingerprint density at radius 1 is 1.00 bits per heavy atom. The summed E-state index contributed by atoms with van der Waals surface area (Å²) in [5.41, 5.74) is -0.262. The summed E-state index contributed by atoms with van der Waals surface area (Å²) in [5.74, 6) is -0.483. The van der Waals surface area contributed by atoms with E-state index in [-0.39, 0.29) is 23.5 Å². The lowest BCUT2D eigenvalue weighted by Crippen LogP contribution is -2.32. The van der Waals surface area contributed by atoms with Crippen molar-refractivity contribution in [3.8, 4) is 5.75 Å². The summed E-state index contributed by atoms with van der Waals surface area (Å²) in [6.07, 6.45) is -4.52. The van der Waals surface area contributed by atoms with Crippen molar-refractivity contribution in [3.05, 3.63) is 65.4 Å². The maximum Gasteiger partial charge on any atom is 0.416 e. The highest BCUT2D eigenvalue weighted by Gasteiger charge is 2.38. The second kappa shape index (κ2) is 7.98. The van der Waals surface area contributed by atoms with Gasteiger partial charge in [-0.25, -0.2) is 0 Å². The highest BCUT2D eigenvalue weighted by atomic mass is 19.4. The van der Waals surface area contributed by atoms with Crippen molar-refractivity contribution in [1.82, 2.24) is 4.90 Å². The third kappa shape index (κ3) is 4.11. The minimum absolute atomic E-state index is 0.0552. The number of benzene rings is 2. The summed E-state index contributed by atoms with van der Waals surface area (Å²) in [5, 5.41) is 2.72. The molecule has 2 aromatic rings. The zero-order valence-electron chi connectivity index (χ0n) is 15.8. The van der Waals surface area contributed by atoms with E-state index in [1.807, 2.05) is 6.92 Å². The number of ether oxygens (including phenoxy) is 1. The quantitative estimate of drug-likeness (QED) is 0.729. The second-order valence-electron chi connectivity index (χ2n) is 6.27. The molecule has 0 bridgehead atoms. The SMILES string of the molecule is CCOc1ccc(C2=C(Nc3cccc(C(F)(F)F)c3)C(=O)N(CC)C2=O)cc1. The molecule has 0 atom stereocenters. The van der Waals surface area contributed by atoms with Crippen LogP contribution in [0.4, 0.5) is 18.9 Å². The minimum atomic E-state index is -4.52. The number of nitrogens with one attached hydrogen (secondary N) is 1. The van der Waals surface area contributed by atoms with E-state index < -0.39 is 23.6 Å². The largest absolute Gasteiger partial charge is 0.494 e. The van der Waals surface area contributed by atoms with E-state index >= 15 is 0 Å². The zero-order valence-corrected chi connectivity index (χ0v) is 15.8. The van der Waals surface area contributed by atoms with Gasteiger partial charge in [0.15, 0.2) is 0 Å². The lowest BCUT2D eigenvalue weighted by atomic mass is 10.0. The van der Waals surface area contributed by atoms with E-state index in [4.69, 9.17) is 4.74 Å². The van der Waals surface area contributed by atoms with Crippen molar-refractivity contribution in [2.24, 2.45) is 0 Å². The van der Waals surface area contributed by atoms with Gasteiger partial charge in [-0.3, -0.25) is 14.5 Å². The molecule has 0 saturated heterocycles. The molecule has 0 fully saturated rings.